The summed E-state index contributed by atoms with van der Waals surface area (Å²) >= 11 is 0. The maximum absolute atomic E-state index is 6.07. The van der Waals surface area contributed by atoms with E-state index >= 15 is 0 Å². The summed E-state index contributed by atoms with van der Waals surface area (Å²) in [5, 5.41) is 0. The molecule has 0 aliphatic carbocycles. The van der Waals surface area contributed by atoms with Gasteiger partial charge in [0.05, 0.1) is 0 Å². The minimum absolute atomic E-state index is 0.0740. The van der Waals surface area contributed by atoms with E-state index in [2.05, 4.69) is 32.0 Å². The van der Waals surface area contributed by atoms with Crippen molar-refractivity contribution in [2.24, 2.45) is 5.73 Å². The normalized spacial score (nSPS) is 12.1. The lowest BCUT2D eigenvalue weighted by Crippen LogP contribution is -2.08. The van der Waals surface area contributed by atoms with Gasteiger partial charge in [-0.3, -0.25) is 0 Å². The summed E-state index contributed by atoms with van der Waals surface area (Å²) in [5.41, 5.74) is 8.55. The van der Waals surface area contributed by atoms with Crippen molar-refractivity contribution in [3.63, 3.8) is 0 Å². The minimum Gasteiger partial charge on any atom is -0.457 e. The van der Waals surface area contributed by atoms with Gasteiger partial charge in [0.2, 0.25) is 0 Å². The van der Waals surface area contributed by atoms with Gasteiger partial charge in [-0.25, -0.2) is 0 Å². The second kappa shape index (κ2) is 7.84. The van der Waals surface area contributed by atoms with Crippen LogP contribution in [0.1, 0.15) is 50.3 Å². The predicted molar refractivity (Wildman–Crippen MR) is 88.8 cm³/mol. The van der Waals surface area contributed by atoms with E-state index in [0.29, 0.717) is 0 Å². The SMILES string of the molecule is CCCCc1ccc(Oc2cccc(C(N)CC)c2)cc1. The van der Waals surface area contributed by atoms with Gasteiger partial charge in [-0.1, -0.05) is 44.5 Å². The molecule has 2 aromatic carbocycles. The molecule has 0 aliphatic rings. The number of hydrogen-bond donors (Lipinski definition) is 1. The number of nitrogens with two attached hydrogens (primary N) is 1. The van der Waals surface area contributed by atoms with E-state index in [9.17, 15) is 0 Å². The Kier molecular flexibility index (Phi) is 5.82. The van der Waals surface area contributed by atoms with E-state index in [-0.39, 0.29) is 6.04 Å². The Morgan fingerprint density at radius 1 is 1.00 bits per heavy atom. The predicted octanol–water partition coefficient (Wildman–Crippen LogP) is 5.23. The van der Waals surface area contributed by atoms with Crippen LogP contribution in [-0.2, 0) is 6.42 Å². The summed E-state index contributed by atoms with van der Waals surface area (Å²) in [5.74, 6) is 1.72. The minimum atomic E-state index is 0.0740. The smallest absolute Gasteiger partial charge is 0.127 e. The van der Waals surface area contributed by atoms with Gasteiger partial charge in [0.1, 0.15) is 11.5 Å². The highest BCUT2D eigenvalue weighted by Gasteiger charge is 2.05. The second-order valence-electron chi connectivity index (χ2n) is 5.44. The Morgan fingerprint density at radius 2 is 1.76 bits per heavy atom. The van der Waals surface area contributed by atoms with Gasteiger partial charge in [-0.2, -0.15) is 0 Å². The number of aryl methyl sites for hydroxylation is 1. The Labute approximate surface area is 127 Å². The van der Waals surface area contributed by atoms with Crippen LogP contribution in [0.4, 0.5) is 0 Å². The summed E-state index contributed by atoms with van der Waals surface area (Å²) in [6.07, 6.45) is 4.52. The molecule has 0 saturated carbocycles. The van der Waals surface area contributed by atoms with Gasteiger partial charge in [0.15, 0.2) is 0 Å². The fourth-order valence-electron chi connectivity index (χ4n) is 2.29. The zero-order valence-electron chi connectivity index (χ0n) is 13.0. The molecule has 0 saturated heterocycles. The summed E-state index contributed by atoms with van der Waals surface area (Å²) in [6, 6.07) is 16.5. The molecule has 2 N–H and O–H groups in total. The first-order valence-corrected chi connectivity index (χ1v) is 7.85. The maximum Gasteiger partial charge on any atom is 0.127 e. The monoisotopic (exact) mass is 283 g/mol. The van der Waals surface area contributed by atoms with Crippen LogP contribution in [0.5, 0.6) is 11.5 Å². The van der Waals surface area contributed by atoms with E-state index in [0.717, 1.165) is 29.9 Å². The molecule has 0 aliphatic heterocycles. The maximum atomic E-state index is 6.07. The molecular weight excluding hydrogens is 258 g/mol. The first kappa shape index (κ1) is 15.6. The number of rotatable bonds is 7. The molecule has 0 aromatic heterocycles. The Bertz CT molecular complexity index is 548. The van der Waals surface area contributed by atoms with Gasteiger partial charge in [-0.15, -0.1) is 0 Å². The molecule has 0 radical (unpaired) electrons. The Hall–Kier alpha value is -1.80. The van der Waals surface area contributed by atoms with Gasteiger partial charge < -0.3 is 10.5 Å². The number of unbranched alkanes of at least 4 members (excludes halogenated alkanes) is 1. The zero-order chi connectivity index (χ0) is 15.1. The summed E-state index contributed by atoms with van der Waals surface area (Å²) in [4.78, 5) is 0. The van der Waals surface area contributed by atoms with Crippen LogP contribution in [0.2, 0.25) is 0 Å². The van der Waals surface area contributed by atoms with Crippen molar-refractivity contribution in [3.8, 4) is 11.5 Å². The molecule has 2 rings (SSSR count). The van der Waals surface area contributed by atoms with Crippen LogP contribution in [0, 0.1) is 0 Å². The molecule has 0 amide bonds. The van der Waals surface area contributed by atoms with E-state index in [1.165, 1.54) is 18.4 Å². The van der Waals surface area contributed by atoms with E-state index in [1.807, 2.05) is 30.3 Å². The third kappa shape index (κ3) is 4.61. The molecule has 21 heavy (non-hydrogen) atoms. The second-order valence-corrected chi connectivity index (χ2v) is 5.44. The van der Waals surface area contributed by atoms with Crippen LogP contribution < -0.4 is 10.5 Å². The highest BCUT2D eigenvalue weighted by molar-refractivity contribution is 5.36. The lowest BCUT2D eigenvalue weighted by atomic mass is 10.1. The quantitative estimate of drug-likeness (QED) is 0.755. The van der Waals surface area contributed by atoms with Crippen LogP contribution >= 0.6 is 0 Å². The largest absolute Gasteiger partial charge is 0.457 e. The highest BCUT2D eigenvalue weighted by Crippen LogP contribution is 2.25. The Balaban J connectivity index is 2.04. The molecule has 2 aromatic rings. The van der Waals surface area contributed by atoms with Crippen LogP contribution in [-0.4, -0.2) is 0 Å². The van der Waals surface area contributed by atoms with E-state index in [1.54, 1.807) is 0 Å². The fraction of sp³-hybridized carbons (Fsp3) is 0.368. The Morgan fingerprint density at radius 3 is 2.43 bits per heavy atom. The molecule has 0 heterocycles. The average molecular weight is 283 g/mol. The van der Waals surface area contributed by atoms with Crippen molar-refractivity contribution in [2.45, 2.75) is 45.6 Å². The van der Waals surface area contributed by atoms with Crippen molar-refractivity contribution >= 4 is 0 Å². The molecule has 1 atom stereocenters. The van der Waals surface area contributed by atoms with E-state index < -0.39 is 0 Å². The van der Waals surface area contributed by atoms with Gasteiger partial charge in [-0.05, 0) is 54.7 Å². The highest BCUT2D eigenvalue weighted by atomic mass is 16.5. The molecule has 2 heteroatoms. The number of ether oxygens (including phenoxy) is 1. The lowest BCUT2D eigenvalue weighted by molar-refractivity contribution is 0.480. The lowest BCUT2D eigenvalue weighted by Gasteiger charge is -2.12. The van der Waals surface area contributed by atoms with Crippen LogP contribution in [0.15, 0.2) is 48.5 Å². The molecule has 112 valence electrons. The molecule has 0 fully saturated rings. The third-order valence-corrected chi connectivity index (χ3v) is 3.70. The molecule has 0 spiro atoms. The molecule has 1 unspecified atom stereocenters. The van der Waals surface area contributed by atoms with Crippen molar-refractivity contribution in [3.05, 3.63) is 59.7 Å². The van der Waals surface area contributed by atoms with Crippen LogP contribution in [0.3, 0.4) is 0 Å². The zero-order valence-corrected chi connectivity index (χ0v) is 13.0. The molecular formula is C19H25NO. The fourth-order valence-corrected chi connectivity index (χ4v) is 2.29. The van der Waals surface area contributed by atoms with Gasteiger partial charge in [0.25, 0.3) is 0 Å². The third-order valence-electron chi connectivity index (χ3n) is 3.70. The van der Waals surface area contributed by atoms with Crippen molar-refractivity contribution < 1.29 is 4.74 Å². The summed E-state index contributed by atoms with van der Waals surface area (Å²) in [6.45, 7) is 4.30. The van der Waals surface area contributed by atoms with E-state index in [4.69, 9.17) is 10.5 Å². The van der Waals surface area contributed by atoms with Crippen molar-refractivity contribution in [1.82, 2.24) is 0 Å². The summed E-state index contributed by atoms with van der Waals surface area (Å²) < 4.78 is 5.92. The van der Waals surface area contributed by atoms with Crippen molar-refractivity contribution in [2.75, 3.05) is 0 Å². The van der Waals surface area contributed by atoms with Crippen molar-refractivity contribution in [1.29, 1.82) is 0 Å². The summed E-state index contributed by atoms with van der Waals surface area (Å²) in [7, 11) is 0. The topological polar surface area (TPSA) is 35.2 Å². The first-order chi connectivity index (χ1) is 10.2. The molecule has 0 bridgehead atoms. The average Bonchev–Trinajstić information content (AvgIpc) is 2.53. The van der Waals surface area contributed by atoms with Gasteiger partial charge in [0, 0.05) is 6.04 Å². The molecule has 2 nitrogen and oxygen atoms in total. The standard InChI is InChI=1S/C19H25NO/c1-3-5-7-15-10-12-17(13-11-15)21-18-9-6-8-16(14-18)19(20)4-2/h6,8-14,19H,3-5,7,20H2,1-2H3. The van der Waals surface area contributed by atoms with Gasteiger partial charge >= 0.3 is 0 Å². The van der Waals surface area contributed by atoms with Crippen LogP contribution in [0.25, 0.3) is 0 Å². The number of hydrogen-bond acceptors (Lipinski definition) is 2. The number of benzene rings is 2. The first-order valence-electron chi connectivity index (χ1n) is 7.85.